The summed E-state index contributed by atoms with van der Waals surface area (Å²) in [6.07, 6.45) is 2.81. The molecule has 6 heteroatoms. The molecule has 5 rings (SSSR count). The number of hydrogen-bond acceptors (Lipinski definition) is 4. The van der Waals surface area contributed by atoms with Gasteiger partial charge in [0.2, 0.25) is 0 Å². The van der Waals surface area contributed by atoms with E-state index in [-0.39, 0.29) is 17.1 Å². The van der Waals surface area contributed by atoms with Gasteiger partial charge in [-0.3, -0.25) is 19.5 Å². The van der Waals surface area contributed by atoms with Gasteiger partial charge in [-0.2, -0.15) is 0 Å². The number of ketones is 1. The number of halogens is 1. The largest absolute Gasteiger partial charge is 0.357 e. The van der Waals surface area contributed by atoms with Gasteiger partial charge in [-0.1, -0.05) is 43.6 Å². The summed E-state index contributed by atoms with van der Waals surface area (Å²) in [7, 11) is 0. The van der Waals surface area contributed by atoms with Crippen LogP contribution in [-0.2, 0) is 4.79 Å². The van der Waals surface area contributed by atoms with Crippen molar-refractivity contribution in [1.29, 1.82) is 0 Å². The molecule has 1 amide bonds. The summed E-state index contributed by atoms with van der Waals surface area (Å²) in [5, 5.41) is 4.06. The lowest BCUT2D eigenvalue weighted by atomic mass is 9.73. The van der Waals surface area contributed by atoms with Crippen LogP contribution in [0.15, 0.2) is 84.2 Å². The fraction of sp³-hybridized carbons (Fsp3) is 0.222. The van der Waals surface area contributed by atoms with Crippen LogP contribution >= 0.6 is 11.6 Å². The van der Waals surface area contributed by atoms with Crippen LogP contribution in [0.5, 0.6) is 0 Å². The van der Waals surface area contributed by atoms with E-state index in [9.17, 15) is 9.59 Å². The molecule has 0 bridgehead atoms. The summed E-state index contributed by atoms with van der Waals surface area (Å²) >= 11 is 6.07. The fourth-order valence-electron chi connectivity index (χ4n) is 4.76. The van der Waals surface area contributed by atoms with Gasteiger partial charge in [0.25, 0.3) is 5.91 Å². The third-order valence-electron chi connectivity index (χ3n) is 6.18. The normalized spacial score (nSPS) is 19.3. The summed E-state index contributed by atoms with van der Waals surface area (Å²) in [4.78, 5) is 33.9. The molecule has 2 aromatic carbocycles. The van der Waals surface area contributed by atoms with E-state index in [4.69, 9.17) is 11.6 Å². The molecule has 0 spiro atoms. The quantitative estimate of drug-likeness (QED) is 0.498. The molecule has 1 aromatic heterocycles. The van der Waals surface area contributed by atoms with E-state index in [0.717, 1.165) is 11.4 Å². The molecule has 5 nitrogen and oxygen atoms in total. The van der Waals surface area contributed by atoms with Gasteiger partial charge in [0, 0.05) is 34.5 Å². The number of carbonyl (C=O) groups excluding carboxylic acids is 2. The maximum atomic E-state index is 14.0. The van der Waals surface area contributed by atoms with Crippen molar-refractivity contribution >= 4 is 34.7 Å². The van der Waals surface area contributed by atoms with Crippen LogP contribution in [0.3, 0.4) is 0 Å². The Labute approximate surface area is 198 Å². The van der Waals surface area contributed by atoms with Crippen LogP contribution in [0.2, 0.25) is 5.02 Å². The van der Waals surface area contributed by atoms with Crippen molar-refractivity contribution in [3.8, 4) is 0 Å². The second kappa shape index (κ2) is 8.16. The van der Waals surface area contributed by atoms with E-state index in [1.165, 1.54) is 0 Å². The average molecular weight is 458 g/mol. The van der Waals surface area contributed by atoms with E-state index in [0.29, 0.717) is 40.4 Å². The molecule has 166 valence electrons. The van der Waals surface area contributed by atoms with Gasteiger partial charge in [-0.25, -0.2) is 0 Å². The number of allylic oxidation sites excluding steroid dienone is 1. The lowest BCUT2D eigenvalue weighted by Gasteiger charge is -2.36. The number of nitrogens with one attached hydrogen (secondary N) is 1. The number of benzene rings is 2. The van der Waals surface area contributed by atoms with Gasteiger partial charge in [-0.15, -0.1) is 0 Å². The van der Waals surface area contributed by atoms with E-state index in [1.807, 2.05) is 42.5 Å². The van der Waals surface area contributed by atoms with Crippen molar-refractivity contribution in [2.75, 3.05) is 10.2 Å². The summed E-state index contributed by atoms with van der Waals surface area (Å²) < 4.78 is 0. The molecule has 1 atom stereocenters. The maximum absolute atomic E-state index is 14.0. The van der Waals surface area contributed by atoms with Crippen LogP contribution in [0.1, 0.15) is 48.8 Å². The molecule has 2 aliphatic rings. The summed E-state index contributed by atoms with van der Waals surface area (Å²) in [5.41, 5.74) is 3.91. The SMILES string of the molecule is CC1(C)CC(=O)C2=C(C1)Nc1ccccc1N(C(=O)c1ccc(Cl)cc1)[C@H]2c1ccccn1. The van der Waals surface area contributed by atoms with Gasteiger partial charge in [0.05, 0.1) is 17.1 Å². The van der Waals surface area contributed by atoms with Crippen molar-refractivity contribution < 1.29 is 9.59 Å². The van der Waals surface area contributed by atoms with Crippen LogP contribution in [0, 0.1) is 5.41 Å². The number of rotatable bonds is 2. The molecule has 2 heterocycles. The van der Waals surface area contributed by atoms with Crippen molar-refractivity contribution in [3.63, 3.8) is 0 Å². The molecular formula is C27H24ClN3O2. The molecule has 1 aliphatic carbocycles. The van der Waals surface area contributed by atoms with E-state index in [1.54, 1.807) is 35.4 Å². The summed E-state index contributed by atoms with van der Waals surface area (Å²) in [6, 6.07) is 19.4. The Bertz CT molecular complexity index is 1270. The molecular weight excluding hydrogens is 434 g/mol. The highest BCUT2D eigenvalue weighted by Crippen LogP contribution is 2.48. The molecule has 0 unspecified atom stereocenters. The topological polar surface area (TPSA) is 62.3 Å². The smallest absolute Gasteiger partial charge is 0.259 e. The van der Waals surface area contributed by atoms with Crippen molar-refractivity contribution in [1.82, 2.24) is 4.98 Å². The Morgan fingerprint density at radius 3 is 2.48 bits per heavy atom. The second-order valence-corrected chi connectivity index (χ2v) is 9.75. The number of nitrogens with zero attached hydrogens (tertiary/aromatic N) is 2. The predicted octanol–water partition coefficient (Wildman–Crippen LogP) is 6.19. The number of Topliss-reactive ketones (excluding diaryl/α,β-unsaturated/α-hetero) is 1. The summed E-state index contributed by atoms with van der Waals surface area (Å²) in [6.45, 7) is 4.19. The van der Waals surface area contributed by atoms with Gasteiger partial charge < -0.3 is 5.32 Å². The van der Waals surface area contributed by atoms with Gasteiger partial charge in [-0.05, 0) is 60.4 Å². The lowest BCUT2D eigenvalue weighted by molar-refractivity contribution is -0.118. The van der Waals surface area contributed by atoms with Gasteiger partial charge >= 0.3 is 0 Å². The Morgan fingerprint density at radius 2 is 1.76 bits per heavy atom. The van der Waals surface area contributed by atoms with Crippen LogP contribution in [-0.4, -0.2) is 16.7 Å². The number of fused-ring (bicyclic) bond motifs is 1. The molecule has 0 fully saturated rings. The first-order valence-electron chi connectivity index (χ1n) is 11.0. The van der Waals surface area contributed by atoms with Gasteiger partial charge in [0.15, 0.2) is 5.78 Å². The molecule has 0 saturated heterocycles. The third kappa shape index (κ3) is 3.93. The van der Waals surface area contributed by atoms with E-state index >= 15 is 0 Å². The first-order chi connectivity index (χ1) is 15.8. The average Bonchev–Trinajstić information content (AvgIpc) is 2.93. The van der Waals surface area contributed by atoms with Crippen LogP contribution in [0.4, 0.5) is 11.4 Å². The highest BCUT2D eigenvalue weighted by molar-refractivity contribution is 6.30. The maximum Gasteiger partial charge on any atom is 0.259 e. The molecule has 0 radical (unpaired) electrons. The van der Waals surface area contributed by atoms with E-state index in [2.05, 4.69) is 24.1 Å². The zero-order valence-electron chi connectivity index (χ0n) is 18.5. The zero-order valence-corrected chi connectivity index (χ0v) is 19.3. The Hall–Kier alpha value is -3.44. The Morgan fingerprint density at radius 1 is 1.03 bits per heavy atom. The number of aromatic nitrogens is 1. The third-order valence-corrected chi connectivity index (χ3v) is 6.43. The standard InChI is InChI=1S/C27H24ClN3O2/c1-27(2)15-21-24(23(32)16-27)25(20-8-5-6-14-29-20)31(22-9-4-3-7-19(22)30-21)26(33)17-10-12-18(28)13-11-17/h3-14,25,30H,15-16H2,1-2H3/t25-/m0/s1. The monoisotopic (exact) mass is 457 g/mol. The minimum Gasteiger partial charge on any atom is -0.357 e. The first kappa shape index (κ1) is 21.4. The first-order valence-corrected chi connectivity index (χ1v) is 11.3. The van der Waals surface area contributed by atoms with Crippen LogP contribution in [0.25, 0.3) is 0 Å². The number of para-hydroxylation sites is 2. The Balaban J connectivity index is 1.78. The van der Waals surface area contributed by atoms with Gasteiger partial charge in [0.1, 0.15) is 6.04 Å². The molecule has 1 N–H and O–H groups in total. The highest BCUT2D eigenvalue weighted by atomic mass is 35.5. The van der Waals surface area contributed by atoms with Crippen molar-refractivity contribution in [3.05, 3.63) is 100 Å². The minimum absolute atomic E-state index is 0.0334. The zero-order chi connectivity index (χ0) is 23.2. The molecule has 3 aromatic rings. The number of pyridine rings is 1. The fourth-order valence-corrected chi connectivity index (χ4v) is 4.89. The second-order valence-electron chi connectivity index (χ2n) is 9.31. The summed E-state index contributed by atoms with van der Waals surface area (Å²) in [5.74, 6) is -0.186. The van der Waals surface area contributed by atoms with Crippen LogP contribution < -0.4 is 10.2 Å². The van der Waals surface area contributed by atoms with Crippen molar-refractivity contribution in [2.45, 2.75) is 32.7 Å². The molecule has 0 saturated carbocycles. The lowest BCUT2D eigenvalue weighted by Crippen LogP contribution is -2.40. The minimum atomic E-state index is -0.649. The Kier molecular flexibility index (Phi) is 5.29. The van der Waals surface area contributed by atoms with Crippen molar-refractivity contribution in [2.24, 2.45) is 5.41 Å². The van der Waals surface area contributed by atoms with E-state index < -0.39 is 6.04 Å². The predicted molar refractivity (Wildman–Crippen MR) is 130 cm³/mol. The number of carbonyl (C=O) groups is 2. The number of anilines is 2. The number of hydrogen-bond donors (Lipinski definition) is 1. The highest BCUT2D eigenvalue weighted by Gasteiger charge is 2.43. The molecule has 1 aliphatic heterocycles. The molecule has 33 heavy (non-hydrogen) atoms. The number of amides is 1.